The van der Waals surface area contributed by atoms with Crippen molar-refractivity contribution >= 4 is 34.7 Å². The highest BCUT2D eigenvalue weighted by Crippen LogP contribution is 2.44. The normalized spacial score (nSPS) is 17.8. The van der Waals surface area contributed by atoms with E-state index in [4.69, 9.17) is 17.3 Å². The minimum Gasteiger partial charge on any atom is -0.399 e. The fourth-order valence-corrected chi connectivity index (χ4v) is 3.90. The number of hydrogen-bond acceptors (Lipinski definition) is 4. The summed E-state index contributed by atoms with van der Waals surface area (Å²) in [6, 6.07) is 19.1. The smallest absolute Gasteiger partial charge is 0.264 e. The molecule has 1 aliphatic heterocycles. The van der Waals surface area contributed by atoms with Gasteiger partial charge in [-0.2, -0.15) is 0 Å². The van der Waals surface area contributed by atoms with E-state index in [0.717, 1.165) is 11.1 Å². The standard InChI is InChI=1S/C24H21ClN2O3/c1-15-2-4-16(5-3-15)14-27-21-11-8-18(25)12-20(21)24(30,23(27)29)13-22(28)17-6-9-19(26)10-7-17/h2-12,30H,13-14,26H2,1H3/t24-/m1/s1. The van der Waals surface area contributed by atoms with E-state index >= 15 is 0 Å². The van der Waals surface area contributed by atoms with Crippen molar-refractivity contribution < 1.29 is 14.7 Å². The summed E-state index contributed by atoms with van der Waals surface area (Å²) in [4.78, 5) is 27.7. The van der Waals surface area contributed by atoms with Crippen molar-refractivity contribution in [1.82, 2.24) is 0 Å². The third-order valence-electron chi connectivity index (χ3n) is 5.40. The number of aryl methyl sites for hydroxylation is 1. The van der Waals surface area contributed by atoms with Gasteiger partial charge in [-0.05, 0) is 55.0 Å². The van der Waals surface area contributed by atoms with Crippen LogP contribution in [0.25, 0.3) is 0 Å². The Morgan fingerprint density at radius 3 is 2.40 bits per heavy atom. The molecule has 1 atom stereocenters. The molecule has 0 saturated carbocycles. The van der Waals surface area contributed by atoms with Crippen LogP contribution >= 0.6 is 11.6 Å². The molecule has 3 aromatic rings. The van der Waals surface area contributed by atoms with Crippen LogP contribution in [0.2, 0.25) is 5.02 Å². The summed E-state index contributed by atoms with van der Waals surface area (Å²) in [5, 5.41) is 11.8. The third kappa shape index (κ3) is 3.58. The molecule has 0 aliphatic carbocycles. The van der Waals surface area contributed by atoms with E-state index in [9.17, 15) is 14.7 Å². The Bertz CT molecular complexity index is 1130. The Morgan fingerprint density at radius 1 is 1.07 bits per heavy atom. The van der Waals surface area contributed by atoms with Gasteiger partial charge < -0.3 is 15.7 Å². The SMILES string of the molecule is Cc1ccc(CN2C(=O)[C@@](O)(CC(=O)c3ccc(N)cc3)c3cc(Cl)ccc32)cc1. The van der Waals surface area contributed by atoms with Gasteiger partial charge in [-0.15, -0.1) is 0 Å². The number of fused-ring (bicyclic) bond motifs is 1. The van der Waals surface area contributed by atoms with Crippen molar-refractivity contribution in [3.05, 3.63) is 94.0 Å². The van der Waals surface area contributed by atoms with Crippen LogP contribution in [0.15, 0.2) is 66.7 Å². The number of rotatable bonds is 5. The fourth-order valence-electron chi connectivity index (χ4n) is 3.73. The lowest BCUT2D eigenvalue weighted by Gasteiger charge is -2.23. The molecule has 0 unspecified atom stereocenters. The van der Waals surface area contributed by atoms with E-state index in [-0.39, 0.29) is 18.7 Å². The van der Waals surface area contributed by atoms with Crippen molar-refractivity contribution in [3.8, 4) is 0 Å². The highest BCUT2D eigenvalue weighted by molar-refractivity contribution is 6.31. The van der Waals surface area contributed by atoms with Crippen LogP contribution in [-0.4, -0.2) is 16.8 Å². The summed E-state index contributed by atoms with van der Waals surface area (Å²) < 4.78 is 0. The topological polar surface area (TPSA) is 83.6 Å². The number of carbonyl (C=O) groups excluding carboxylic acids is 2. The Morgan fingerprint density at radius 2 is 1.73 bits per heavy atom. The first-order valence-electron chi connectivity index (χ1n) is 9.56. The van der Waals surface area contributed by atoms with Crippen molar-refractivity contribution in [1.29, 1.82) is 0 Å². The van der Waals surface area contributed by atoms with Gasteiger partial charge in [0.05, 0.1) is 18.7 Å². The molecule has 4 rings (SSSR count). The molecule has 1 amide bonds. The quantitative estimate of drug-likeness (QED) is 0.477. The maximum Gasteiger partial charge on any atom is 0.264 e. The summed E-state index contributed by atoms with van der Waals surface area (Å²) in [7, 11) is 0. The molecular formula is C24H21ClN2O3. The number of anilines is 2. The molecule has 0 radical (unpaired) electrons. The number of amides is 1. The summed E-state index contributed by atoms with van der Waals surface area (Å²) >= 11 is 6.15. The van der Waals surface area contributed by atoms with Crippen molar-refractivity contribution in [2.75, 3.05) is 10.6 Å². The molecule has 0 spiro atoms. The lowest BCUT2D eigenvalue weighted by molar-refractivity contribution is -0.136. The molecule has 1 aliphatic rings. The van der Waals surface area contributed by atoms with Crippen molar-refractivity contribution in [2.45, 2.75) is 25.5 Å². The van der Waals surface area contributed by atoms with E-state index in [1.54, 1.807) is 42.5 Å². The minimum atomic E-state index is -1.98. The lowest BCUT2D eigenvalue weighted by atomic mass is 9.88. The third-order valence-corrected chi connectivity index (χ3v) is 5.64. The maximum atomic E-state index is 13.3. The first-order valence-corrected chi connectivity index (χ1v) is 9.94. The van der Waals surface area contributed by atoms with Gasteiger partial charge in [-0.1, -0.05) is 41.4 Å². The number of nitrogen functional groups attached to an aromatic ring is 1. The molecule has 3 aromatic carbocycles. The first-order chi connectivity index (χ1) is 14.3. The summed E-state index contributed by atoms with van der Waals surface area (Å²) in [5.74, 6) is -0.891. The van der Waals surface area contributed by atoms with Crippen LogP contribution in [0.1, 0.15) is 33.5 Å². The predicted molar refractivity (Wildman–Crippen MR) is 118 cm³/mol. The van der Waals surface area contributed by atoms with Gasteiger partial charge in [0.25, 0.3) is 5.91 Å². The number of nitrogens with two attached hydrogens (primary N) is 1. The largest absolute Gasteiger partial charge is 0.399 e. The molecule has 1 heterocycles. The fraction of sp³-hybridized carbons (Fsp3) is 0.167. The van der Waals surface area contributed by atoms with Gasteiger partial charge in [-0.25, -0.2) is 0 Å². The molecule has 6 heteroatoms. The number of aliphatic hydroxyl groups is 1. The van der Waals surface area contributed by atoms with E-state index in [2.05, 4.69) is 0 Å². The number of hydrogen-bond donors (Lipinski definition) is 2. The van der Waals surface area contributed by atoms with Crippen LogP contribution in [-0.2, 0) is 16.9 Å². The Labute approximate surface area is 179 Å². The Hall–Kier alpha value is -3.15. The van der Waals surface area contributed by atoms with Crippen LogP contribution in [0, 0.1) is 6.92 Å². The highest BCUT2D eigenvalue weighted by Gasteiger charge is 2.51. The molecule has 5 nitrogen and oxygen atoms in total. The molecule has 152 valence electrons. The van der Waals surface area contributed by atoms with Gasteiger partial charge in [-0.3, -0.25) is 9.59 Å². The zero-order chi connectivity index (χ0) is 21.5. The minimum absolute atomic E-state index is 0.284. The van der Waals surface area contributed by atoms with E-state index in [0.29, 0.717) is 27.5 Å². The van der Waals surface area contributed by atoms with Crippen LogP contribution < -0.4 is 10.6 Å². The number of Topliss-reactive ketones (excluding diaryl/α,β-unsaturated/α-hetero) is 1. The first kappa shape index (κ1) is 20.1. The average Bonchev–Trinajstić information content (AvgIpc) is 2.91. The zero-order valence-corrected chi connectivity index (χ0v) is 17.2. The molecule has 3 N–H and O–H groups in total. The summed E-state index contributed by atoms with van der Waals surface area (Å²) in [6.07, 6.45) is -0.381. The zero-order valence-electron chi connectivity index (χ0n) is 16.4. The molecule has 0 saturated heterocycles. The van der Waals surface area contributed by atoms with Crippen LogP contribution in [0.4, 0.5) is 11.4 Å². The van der Waals surface area contributed by atoms with Crippen molar-refractivity contribution in [3.63, 3.8) is 0 Å². The van der Waals surface area contributed by atoms with Gasteiger partial charge in [0.1, 0.15) is 0 Å². The second kappa shape index (κ2) is 7.59. The molecule has 0 fully saturated rings. The average molecular weight is 421 g/mol. The number of nitrogens with zero attached hydrogens (tertiary/aromatic N) is 1. The number of carbonyl (C=O) groups is 2. The second-order valence-electron chi connectivity index (χ2n) is 7.62. The monoisotopic (exact) mass is 420 g/mol. The molecule has 0 bridgehead atoms. The Kier molecular flexibility index (Phi) is 5.10. The predicted octanol–water partition coefficient (Wildman–Crippen LogP) is 4.24. The molecule has 30 heavy (non-hydrogen) atoms. The van der Waals surface area contributed by atoms with Gasteiger partial charge in [0, 0.05) is 21.8 Å². The molecule has 0 aromatic heterocycles. The highest BCUT2D eigenvalue weighted by atomic mass is 35.5. The van der Waals surface area contributed by atoms with Crippen molar-refractivity contribution in [2.24, 2.45) is 0 Å². The van der Waals surface area contributed by atoms with Gasteiger partial charge in [0.2, 0.25) is 0 Å². The van der Waals surface area contributed by atoms with Gasteiger partial charge >= 0.3 is 0 Å². The molecular weight excluding hydrogens is 400 g/mol. The lowest BCUT2D eigenvalue weighted by Crippen LogP contribution is -2.41. The van der Waals surface area contributed by atoms with E-state index in [1.165, 1.54) is 4.90 Å². The van der Waals surface area contributed by atoms with E-state index < -0.39 is 11.5 Å². The van der Waals surface area contributed by atoms with E-state index in [1.807, 2.05) is 31.2 Å². The number of benzene rings is 3. The number of halogens is 1. The van der Waals surface area contributed by atoms with Gasteiger partial charge in [0.15, 0.2) is 11.4 Å². The number of ketones is 1. The van der Waals surface area contributed by atoms with Crippen LogP contribution in [0.3, 0.4) is 0 Å². The second-order valence-corrected chi connectivity index (χ2v) is 8.06. The maximum absolute atomic E-state index is 13.3. The summed E-state index contributed by atoms with van der Waals surface area (Å²) in [5.41, 5.74) is 7.54. The van der Waals surface area contributed by atoms with Crippen LogP contribution in [0.5, 0.6) is 0 Å². The Balaban J connectivity index is 1.70. The summed E-state index contributed by atoms with van der Waals surface area (Å²) in [6.45, 7) is 2.27.